The van der Waals surface area contributed by atoms with Gasteiger partial charge in [-0.2, -0.15) is 0 Å². The van der Waals surface area contributed by atoms with E-state index in [4.69, 9.17) is 5.73 Å². The fraction of sp³-hybridized carbons (Fsp3) is 0.571. The summed E-state index contributed by atoms with van der Waals surface area (Å²) < 4.78 is 0. The fourth-order valence-corrected chi connectivity index (χ4v) is 2.79. The SMILES string of the molecule is Cc1ccc([C@H](CN)C2(CO)CCC2)cc1. The second-order valence-electron chi connectivity index (χ2n) is 5.07. The van der Waals surface area contributed by atoms with Gasteiger partial charge in [-0.25, -0.2) is 0 Å². The number of benzene rings is 1. The molecule has 1 saturated carbocycles. The third kappa shape index (κ3) is 1.87. The lowest BCUT2D eigenvalue weighted by Gasteiger charge is -2.46. The van der Waals surface area contributed by atoms with E-state index in [0.29, 0.717) is 12.5 Å². The molecule has 1 fully saturated rings. The molecule has 2 rings (SSSR count). The van der Waals surface area contributed by atoms with Gasteiger partial charge in [0.1, 0.15) is 0 Å². The second-order valence-corrected chi connectivity index (χ2v) is 5.07. The highest BCUT2D eigenvalue weighted by molar-refractivity contribution is 5.27. The number of hydrogen-bond donors (Lipinski definition) is 2. The molecule has 0 spiro atoms. The maximum Gasteiger partial charge on any atom is 0.0493 e. The van der Waals surface area contributed by atoms with Crippen LogP contribution in [0.3, 0.4) is 0 Å². The molecule has 3 N–H and O–H groups in total. The normalized spacial score (nSPS) is 20.2. The van der Waals surface area contributed by atoms with Crippen LogP contribution in [0.4, 0.5) is 0 Å². The number of aliphatic hydroxyl groups is 1. The van der Waals surface area contributed by atoms with Crippen LogP contribution in [0, 0.1) is 12.3 Å². The summed E-state index contributed by atoms with van der Waals surface area (Å²) in [6.07, 6.45) is 3.45. The van der Waals surface area contributed by atoms with E-state index in [0.717, 1.165) is 12.8 Å². The van der Waals surface area contributed by atoms with Crippen molar-refractivity contribution in [3.8, 4) is 0 Å². The Morgan fingerprint density at radius 3 is 2.31 bits per heavy atom. The molecule has 1 aromatic carbocycles. The Morgan fingerprint density at radius 1 is 1.31 bits per heavy atom. The van der Waals surface area contributed by atoms with Gasteiger partial charge in [-0.3, -0.25) is 0 Å². The highest BCUT2D eigenvalue weighted by Gasteiger charge is 2.43. The van der Waals surface area contributed by atoms with Gasteiger partial charge in [0.2, 0.25) is 0 Å². The predicted octanol–water partition coefficient (Wildman–Crippen LogP) is 2.20. The summed E-state index contributed by atoms with van der Waals surface area (Å²) in [6, 6.07) is 8.56. The quantitative estimate of drug-likeness (QED) is 0.815. The van der Waals surface area contributed by atoms with Gasteiger partial charge in [-0.1, -0.05) is 36.2 Å². The van der Waals surface area contributed by atoms with Crippen molar-refractivity contribution >= 4 is 0 Å². The van der Waals surface area contributed by atoms with Gasteiger partial charge in [-0.05, 0) is 31.9 Å². The first kappa shape index (κ1) is 11.6. The Kier molecular flexibility index (Phi) is 3.31. The van der Waals surface area contributed by atoms with Crippen molar-refractivity contribution < 1.29 is 5.11 Å². The Bertz CT molecular complexity index is 335. The first-order valence-corrected chi connectivity index (χ1v) is 6.09. The second kappa shape index (κ2) is 4.56. The number of rotatable bonds is 4. The molecular formula is C14H21NO. The molecule has 1 aromatic rings. The van der Waals surface area contributed by atoms with E-state index in [1.54, 1.807) is 0 Å². The van der Waals surface area contributed by atoms with E-state index in [9.17, 15) is 5.11 Å². The maximum absolute atomic E-state index is 9.60. The molecule has 0 bridgehead atoms. The van der Waals surface area contributed by atoms with Gasteiger partial charge < -0.3 is 10.8 Å². The molecule has 1 aliphatic rings. The van der Waals surface area contributed by atoms with E-state index in [1.165, 1.54) is 17.5 Å². The highest BCUT2D eigenvalue weighted by Crippen LogP contribution is 2.50. The zero-order valence-corrected chi connectivity index (χ0v) is 9.95. The van der Waals surface area contributed by atoms with E-state index in [1.807, 2.05) is 0 Å². The van der Waals surface area contributed by atoms with E-state index >= 15 is 0 Å². The van der Waals surface area contributed by atoms with Gasteiger partial charge >= 0.3 is 0 Å². The molecule has 1 aliphatic carbocycles. The molecule has 0 aliphatic heterocycles. The summed E-state index contributed by atoms with van der Waals surface area (Å²) >= 11 is 0. The maximum atomic E-state index is 9.60. The summed E-state index contributed by atoms with van der Waals surface area (Å²) in [4.78, 5) is 0. The van der Waals surface area contributed by atoms with Crippen LogP contribution in [0.25, 0.3) is 0 Å². The molecule has 0 heterocycles. The van der Waals surface area contributed by atoms with Crippen LogP contribution in [0.5, 0.6) is 0 Å². The topological polar surface area (TPSA) is 46.2 Å². The third-order valence-electron chi connectivity index (χ3n) is 4.12. The summed E-state index contributed by atoms with van der Waals surface area (Å²) in [5.74, 6) is 0.312. The molecule has 0 unspecified atom stereocenters. The largest absolute Gasteiger partial charge is 0.396 e. The molecule has 16 heavy (non-hydrogen) atoms. The Labute approximate surface area is 97.5 Å². The smallest absolute Gasteiger partial charge is 0.0493 e. The minimum Gasteiger partial charge on any atom is -0.396 e. The van der Waals surface area contributed by atoms with Gasteiger partial charge in [0.05, 0.1) is 0 Å². The molecular weight excluding hydrogens is 198 g/mol. The minimum absolute atomic E-state index is 0.0595. The molecule has 0 radical (unpaired) electrons. The average Bonchev–Trinajstić information content (AvgIpc) is 2.25. The molecule has 88 valence electrons. The van der Waals surface area contributed by atoms with Gasteiger partial charge in [0.25, 0.3) is 0 Å². The Balaban J connectivity index is 2.25. The zero-order valence-electron chi connectivity index (χ0n) is 9.95. The van der Waals surface area contributed by atoms with Crippen LogP contribution >= 0.6 is 0 Å². The third-order valence-corrected chi connectivity index (χ3v) is 4.12. The van der Waals surface area contributed by atoms with Crippen molar-refractivity contribution in [2.24, 2.45) is 11.1 Å². The monoisotopic (exact) mass is 219 g/mol. The lowest BCUT2D eigenvalue weighted by Crippen LogP contribution is -2.42. The van der Waals surface area contributed by atoms with Crippen molar-refractivity contribution in [2.45, 2.75) is 32.1 Å². The molecule has 0 aromatic heterocycles. The number of nitrogens with two attached hydrogens (primary N) is 1. The molecule has 0 amide bonds. The lowest BCUT2D eigenvalue weighted by molar-refractivity contribution is 0.0192. The van der Waals surface area contributed by atoms with Crippen LogP contribution in [0.2, 0.25) is 0 Å². The van der Waals surface area contributed by atoms with Gasteiger partial charge in [0, 0.05) is 17.9 Å². The van der Waals surface area contributed by atoms with Crippen LogP contribution in [0.1, 0.15) is 36.3 Å². The first-order chi connectivity index (χ1) is 7.72. The lowest BCUT2D eigenvalue weighted by atomic mass is 9.60. The van der Waals surface area contributed by atoms with Gasteiger partial charge in [0.15, 0.2) is 0 Å². The zero-order chi connectivity index (χ0) is 11.6. The van der Waals surface area contributed by atoms with Crippen molar-refractivity contribution in [1.29, 1.82) is 0 Å². The van der Waals surface area contributed by atoms with Crippen LogP contribution < -0.4 is 5.73 Å². The van der Waals surface area contributed by atoms with Crippen molar-refractivity contribution in [1.82, 2.24) is 0 Å². The number of aliphatic hydroxyl groups excluding tert-OH is 1. The van der Waals surface area contributed by atoms with E-state index in [-0.39, 0.29) is 12.0 Å². The van der Waals surface area contributed by atoms with Gasteiger partial charge in [-0.15, -0.1) is 0 Å². The van der Waals surface area contributed by atoms with Crippen molar-refractivity contribution in [2.75, 3.05) is 13.2 Å². The highest BCUT2D eigenvalue weighted by atomic mass is 16.3. The number of hydrogen-bond acceptors (Lipinski definition) is 2. The standard InChI is InChI=1S/C14H21NO/c1-11-3-5-12(6-4-11)13(9-15)14(10-16)7-2-8-14/h3-6,13,16H,2,7-10,15H2,1H3/t13-/m0/s1. The van der Waals surface area contributed by atoms with Crippen LogP contribution in [-0.4, -0.2) is 18.3 Å². The first-order valence-electron chi connectivity index (χ1n) is 6.09. The van der Waals surface area contributed by atoms with E-state index in [2.05, 4.69) is 31.2 Å². The molecule has 1 atom stereocenters. The summed E-state index contributed by atoms with van der Waals surface area (Å²) in [5.41, 5.74) is 8.51. The Morgan fingerprint density at radius 2 is 1.94 bits per heavy atom. The number of aryl methyl sites for hydroxylation is 1. The average molecular weight is 219 g/mol. The molecule has 2 nitrogen and oxygen atoms in total. The molecule has 0 saturated heterocycles. The van der Waals surface area contributed by atoms with Crippen molar-refractivity contribution in [3.05, 3.63) is 35.4 Å². The summed E-state index contributed by atoms with van der Waals surface area (Å²) in [6.45, 7) is 2.98. The molecule has 2 heteroatoms. The predicted molar refractivity (Wildman–Crippen MR) is 66.3 cm³/mol. The van der Waals surface area contributed by atoms with Crippen molar-refractivity contribution in [3.63, 3.8) is 0 Å². The summed E-state index contributed by atoms with van der Waals surface area (Å²) in [5, 5.41) is 9.60. The van der Waals surface area contributed by atoms with Crippen LogP contribution in [0.15, 0.2) is 24.3 Å². The van der Waals surface area contributed by atoms with E-state index < -0.39 is 0 Å². The summed E-state index contributed by atoms with van der Waals surface area (Å²) in [7, 11) is 0. The van der Waals surface area contributed by atoms with Crippen LogP contribution in [-0.2, 0) is 0 Å². The minimum atomic E-state index is 0.0595. The Hall–Kier alpha value is -0.860. The fourth-order valence-electron chi connectivity index (χ4n) is 2.79.